The van der Waals surface area contributed by atoms with E-state index in [2.05, 4.69) is 129 Å². The maximum absolute atomic E-state index is 3.79. The van der Waals surface area contributed by atoms with Gasteiger partial charge in [0.15, 0.2) is 0 Å². The van der Waals surface area contributed by atoms with Crippen LogP contribution in [0.25, 0.3) is 55.3 Å². The van der Waals surface area contributed by atoms with Gasteiger partial charge in [-0.1, -0.05) is 117 Å². The molecular formula is C28H16Br2. The maximum Gasteiger partial charge on any atom is 0.0265 e. The third-order valence-electron chi connectivity index (χ3n) is 5.97. The molecule has 0 N–H and O–H groups in total. The predicted molar refractivity (Wildman–Crippen MR) is 135 cm³/mol. The fourth-order valence-electron chi connectivity index (χ4n) is 4.71. The molecule has 1 aliphatic carbocycles. The van der Waals surface area contributed by atoms with E-state index in [1.54, 1.807) is 0 Å². The lowest BCUT2D eigenvalue weighted by Gasteiger charge is -2.15. The van der Waals surface area contributed by atoms with Crippen LogP contribution in [0.4, 0.5) is 0 Å². The summed E-state index contributed by atoms with van der Waals surface area (Å²) in [6.07, 6.45) is 0. The number of halogens is 2. The summed E-state index contributed by atoms with van der Waals surface area (Å²) in [5.74, 6) is 0. The SMILES string of the molecule is Brc1ccc2c3c(ccc(Br)c13)-c1c(-c3ccccc3)ccc(-c3ccccc3)c1-2. The number of fused-ring (bicyclic) bond motifs is 3. The molecule has 0 aromatic heterocycles. The van der Waals surface area contributed by atoms with Crippen molar-refractivity contribution in [3.63, 3.8) is 0 Å². The van der Waals surface area contributed by atoms with Crippen molar-refractivity contribution in [1.29, 1.82) is 0 Å². The monoisotopic (exact) mass is 510 g/mol. The van der Waals surface area contributed by atoms with E-state index in [1.165, 1.54) is 55.3 Å². The molecule has 0 fully saturated rings. The second-order valence-electron chi connectivity index (χ2n) is 7.58. The van der Waals surface area contributed by atoms with Gasteiger partial charge >= 0.3 is 0 Å². The van der Waals surface area contributed by atoms with Crippen molar-refractivity contribution in [1.82, 2.24) is 0 Å². The van der Waals surface area contributed by atoms with Crippen LogP contribution in [0.15, 0.2) is 106 Å². The van der Waals surface area contributed by atoms with Gasteiger partial charge in [-0.05, 0) is 62.0 Å². The van der Waals surface area contributed by atoms with Crippen molar-refractivity contribution in [3.8, 4) is 44.5 Å². The van der Waals surface area contributed by atoms with Crippen LogP contribution in [0.1, 0.15) is 0 Å². The quantitative estimate of drug-likeness (QED) is 0.217. The summed E-state index contributed by atoms with van der Waals surface area (Å²) in [5.41, 5.74) is 10.3. The molecule has 5 aromatic rings. The smallest absolute Gasteiger partial charge is 0.0265 e. The molecule has 5 aromatic carbocycles. The van der Waals surface area contributed by atoms with Crippen molar-refractivity contribution in [3.05, 3.63) is 106 Å². The molecule has 0 aliphatic heterocycles. The van der Waals surface area contributed by atoms with Gasteiger partial charge in [0.05, 0.1) is 0 Å². The van der Waals surface area contributed by atoms with E-state index in [1.807, 2.05) is 0 Å². The van der Waals surface area contributed by atoms with Gasteiger partial charge in [0.1, 0.15) is 0 Å². The first kappa shape index (κ1) is 18.1. The molecule has 0 spiro atoms. The highest BCUT2D eigenvalue weighted by Crippen LogP contribution is 2.56. The predicted octanol–water partition coefficient (Wildman–Crippen LogP) is 9.35. The second-order valence-corrected chi connectivity index (χ2v) is 9.29. The summed E-state index contributed by atoms with van der Waals surface area (Å²) >= 11 is 7.57. The summed E-state index contributed by atoms with van der Waals surface area (Å²) in [5, 5.41) is 2.55. The zero-order valence-electron chi connectivity index (χ0n) is 16.0. The largest absolute Gasteiger partial charge is 0.0622 e. The number of hydrogen-bond donors (Lipinski definition) is 0. The third kappa shape index (κ3) is 2.57. The zero-order valence-corrected chi connectivity index (χ0v) is 19.2. The molecule has 6 rings (SSSR count). The van der Waals surface area contributed by atoms with Gasteiger partial charge in [0.2, 0.25) is 0 Å². The highest BCUT2D eigenvalue weighted by molar-refractivity contribution is 9.11. The van der Waals surface area contributed by atoms with Gasteiger partial charge in [-0.25, -0.2) is 0 Å². The molecule has 0 bridgehead atoms. The lowest BCUT2D eigenvalue weighted by atomic mass is 9.88. The summed E-state index contributed by atoms with van der Waals surface area (Å²) in [6.45, 7) is 0. The van der Waals surface area contributed by atoms with E-state index in [-0.39, 0.29) is 0 Å². The average molecular weight is 512 g/mol. The van der Waals surface area contributed by atoms with Crippen LogP contribution in [0, 0.1) is 0 Å². The van der Waals surface area contributed by atoms with Crippen LogP contribution in [-0.4, -0.2) is 0 Å². The van der Waals surface area contributed by atoms with Gasteiger partial charge in [-0.15, -0.1) is 0 Å². The Bertz CT molecular complexity index is 1330. The molecule has 0 radical (unpaired) electrons. The number of hydrogen-bond acceptors (Lipinski definition) is 0. The van der Waals surface area contributed by atoms with E-state index in [0.29, 0.717) is 0 Å². The Balaban J connectivity index is 1.79. The van der Waals surface area contributed by atoms with Gasteiger partial charge < -0.3 is 0 Å². The Labute approximate surface area is 192 Å². The first-order valence-corrected chi connectivity index (χ1v) is 11.5. The minimum absolute atomic E-state index is 1.12. The second kappa shape index (κ2) is 6.94. The van der Waals surface area contributed by atoms with Gasteiger partial charge in [0.25, 0.3) is 0 Å². The highest BCUT2D eigenvalue weighted by atomic mass is 79.9. The molecule has 0 saturated heterocycles. The molecule has 142 valence electrons. The Morgan fingerprint density at radius 1 is 0.367 bits per heavy atom. The number of rotatable bonds is 2. The van der Waals surface area contributed by atoms with Crippen molar-refractivity contribution >= 4 is 42.6 Å². The lowest BCUT2D eigenvalue weighted by molar-refractivity contribution is 1.59. The molecule has 0 atom stereocenters. The molecule has 0 nitrogen and oxygen atoms in total. The normalized spacial score (nSPS) is 11.7. The van der Waals surface area contributed by atoms with Crippen LogP contribution in [-0.2, 0) is 0 Å². The fraction of sp³-hybridized carbons (Fsp3) is 0. The van der Waals surface area contributed by atoms with E-state index < -0.39 is 0 Å². The minimum atomic E-state index is 1.12. The first-order chi connectivity index (χ1) is 14.7. The molecule has 1 aliphatic rings. The summed E-state index contributed by atoms with van der Waals surface area (Å²) in [4.78, 5) is 0. The van der Waals surface area contributed by atoms with Crippen LogP contribution in [0.3, 0.4) is 0 Å². The first-order valence-electron chi connectivity index (χ1n) is 9.93. The van der Waals surface area contributed by atoms with E-state index in [0.717, 1.165) is 8.95 Å². The van der Waals surface area contributed by atoms with Crippen LogP contribution in [0.2, 0.25) is 0 Å². The van der Waals surface area contributed by atoms with Crippen molar-refractivity contribution in [2.75, 3.05) is 0 Å². The lowest BCUT2D eigenvalue weighted by Crippen LogP contribution is -1.89. The van der Waals surface area contributed by atoms with Crippen LogP contribution < -0.4 is 0 Å². The molecule has 0 amide bonds. The van der Waals surface area contributed by atoms with E-state index in [9.17, 15) is 0 Å². The molecule has 0 saturated carbocycles. The standard InChI is InChI=1S/C28H16Br2/c29-23-15-13-21-25-19(17-7-3-1-4-8-17)11-12-20(18-9-5-2-6-10-18)26(25)22-14-16-24(30)28(23)27(21)22/h1-16H. The third-order valence-corrected chi connectivity index (χ3v) is 7.29. The summed E-state index contributed by atoms with van der Waals surface area (Å²) in [6, 6.07) is 34.8. The van der Waals surface area contributed by atoms with E-state index in [4.69, 9.17) is 0 Å². The van der Waals surface area contributed by atoms with Gasteiger partial charge in [0, 0.05) is 14.3 Å². The molecule has 0 heterocycles. The topological polar surface area (TPSA) is 0 Å². The fourth-order valence-corrected chi connectivity index (χ4v) is 6.06. The van der Waals surface area contributed by atoms with Gasteiger partial charge in [-0.2, -0.15) is 0 Å². The minimum Gasteiger partial charge on any atom is -0.0622 e. The zero-order chi connectivity index (χ0) is 20.2. The Kier molecular flexibility index (Phi) is 4.19. The molecule has 30 heavy (non-hydrogen) atoms. The van der Waals surface area contributed by atoms with Crippen molar-refractivity contribution in [2.45, 2.75) is 0 Å². The van der Waals surface area contributed by atoms with E-state index >= 15 is 0 Å². The maximum atomic E-state index is 3.79. The number of benzene rings is 5. The van der Waals surface area contributed by atoms with Crippen LogP contribution in [0.5, 0.6) is 0 Å². The molecule has 2 heteroatoms. The highest BCUT2D eigenvalue weighted by Gasteiger charge is 2.28. The average Bonchev–Trinajstić information content (AvgIpc) is 3.13. The summed E-state index contributed by atoms with van der Waals surface area (Å²) < 4.78 is 2.23. The van der Waals surface area contributed by atoms with Crippen LogP contribution >= 0.6 is 31.9 Å². The van der Waals surface area contributed by atoms with Crippen molar-refractivity contribution < 1.29 is 0 Å². The molecular weight excluding hydrogens is 496 g/mol. The Morgan fingerprint density at radius 2 is 0.767 bits per heavy atom. The van der Waals surface area contributed by atoms with Gasteiger partial charge in [-0.3, -0.25) is 0 Å². The van der Waals surface area contributed by atoms with Crippen molar-refractivity contribution in [2.24, 2.45) is 0 Å². The summed E-state index contributed by atoms with van der Waals surface area (Å²) in [7, 11) is 0. The molecule has 0 unspecified atom stereocenters. The Hall–Kier alpha value is -2.68. The Morgan fingerprint density at radius 3 is 1.20 bits per heavy atom.